The molecule has 0 aliphatic carbocycles. The van der Waals surface area contributed by atoms with Gasteiger partial charge in [0, 0.05) is 12.1 Å². The average Bonchev–Trinajstić information content (AvgIpc) is 2.84. The molecule has 0 atom stereocenters. The molecule has 0 amide bonds. The van der Waals surface area contributed by atoms with Gasteiger partial charge in [-0.3, -0.25) is 0 Å². The molecule has 94 valence electrons. The molecule has 4 nitrogen and oxygen atoms in total. The molecule has 0 radical (unpaired) electrons. The van der Waals surface area contributed by atoms with Crippen molar-refractivity contribution in [2.45, 2.75) is 20.1 Å². The third-order valence-corrected chi connectivity index (χ3v) is 3.09. The Morgan fingerprint density at radius 2 is 2.17 bits per heavy atom. The molecule has 1 aromatic carbocycles. The Labute approximate surface area is 106 Å². The second-order valence-corrected chi connectivity index (χ2v) is 4.22. The van der Waals surface area contributed by atoms with Gasteiger partial charge < -0.3 is 14.0 Å². The number of nitrogens with zero attached hydrogens (tertiary/aromatic N) is 2. The van der Waals surface area contributed by atoms with E-state index in [1.807, 2.05) is 25.3 Å². The number of hydrogen-bond donors (Lipinski definition) is 0. The second-order valence-electron chi connectivity index (χ2n) is 4.22. The first kappa shape index (κ1) is 11.3. The molecular weight excluding hydrogens is 228 g/mol. The first-order chi connectivity index (χ1) is 8.88. The van der Waals surface area contributed by atoms with E-state index in [0.717, 1.165) is 30.4 Å². The summed E-state index contributed by atoms with van der Waals surface area (Å²) >= 11 is 0. The molecule has 0 bridgehead atoms. The number of hydrogen-bond acceptors (Lipinski definition) is 3. The van der Waals surface area contributed by atoms with Crippen LogP contribution in [0.15, 0.2) is 30.5 Å². The summed E-state index contributed by atoms with van der Waals surface area (Å²) in [7, 11) is 0. The van der Waals surface area contributed by atoms with E-state index in [1.165, 1.54) is 5.56 Å². The van der Waals surface area contributed by atoms with E-state index >= 15 is 0 Å². The van der Waals surface area contributed by atoms with Crippen LogP contribution in [-0.2, 0) is 17.9 Å². The van der Waals surface area contributed by atoms with Gasteiger partial charge in [-0.25, -0.2) is 4.98 Å². The van der Waals surface area contributed by atoms with Gasteiger partial charge in [-0.2, -0.15) is 0 Å². The molecule has 18 heavy (non-hydrogen) atoms. The molecule has 0 spiro atoms. The smallest absolute Gasteiger partial charge is 0.135 e. The molecule has 4 heteroatoms. The first-order valence-electron chi connectivity index (χ1n) is 6.24. The SMILES string of the molecule is CCOc1ccc(-c2cnc3n2CCOC3)cc1. The van der Waals surface area contributed by atoms with Crippen LogP contribution in [0.4, 0.5) is 0 Å². The minimum Gasteiger partial charge on any atom is -0.494 e. The van der Waals surface area contributed by atoms with Crippen LogP contribution in [0, 0.1) is 0 Å². The summed E-state index contributed by atoms with van der Waals surface area (Å²) in [5, 5.41) is 0. The Morgan fingerprint density at radius 3 is 2.94 bits per heavy atom. The van der Waals surface area contributed by atoms with Crippen LogP contribution >= 0.6 is 0 Å². The molecule has 0 unspecified atom stereocenters. The van der Waals surface area contributed by atoms with Crippen molar-refractivity contribution in [2.75, 3.05) is 13.2 Å². The summed E-state index contributed by atoms with van der Waals surface area (Å²) in [5.41, 5.74) is 2.32. The average molecular weight is 244 g/mol. The topological polar surface area (TPSA) is 36.3 Å². The van der Waals surface area contributed by atoms with Crippen molar-refractivity contribution in [1.29, 1.82) is 0 Å². The summed E-state index contributed by atoms with van der Waals surface area (Å²) < 4.78 is 13.1. The number of rotatable bonds is 3. The van der Waals surface area contributed by atoms with Gasteiger partial charge in [0.05, 0.1) is 25.1 Å². The molecule has 0 fully saturated rings. The number of imidazole rings is 1. The molecule has 2 heterocycles. The van der Waals surface area contributed by atoms with Crippen molar-refractivity contribution >= 4 is 0 Å². The fraction of sp³-hybridized carbons (Fsp3) is 0.357. The van der Waals surface area contributed by atoms with Crippen molar-refractivity contribution in [3.8, 4) is 17.0 Å². The van der Waals surface area contributed by atoms with Gasteiger partial charge in [0.15, 0.2) is 0 Å². The van der Waals surface area contributed by atoms with Crippen LogP contribution in [-0.4, -0.2) is 22.8 Å². The Hall–Kier alpha value is -1.81. The van der Waals surface area contributed by atoms with Gasteiger partial charge in [0.2, 0.25) is 0 Å². The van der Waals surface area contributed by atoms with Gasteiger partial charge in [-0.05, 0) is 31.2 Å². The minimum atomic E-state index is 0.608. The van der Waals surface area contributed by atoms with Crippen LogP contribution < -0.4 is 4.74 Å². The zero-order valence-corrected chi connectivity index (χ0v) is 10.4. The van der Waals surface area contributed by atoms with Crippen LogP contribution in [0.3, 0.4) is 0 Å². The molecule has 3 rings (SSSR count). The fourth-order valence-corrected chi connectivity index (χ4v) is 2.22. The Morgan fingerprint density at radius 1 is 1.33 bits per heavy atom. The fourth-order valence-electron chi connectivity index (χ4n) is 2.22. The van der Waals surface area contributed by atoms with E-state index in [9.17, 15) is 0 Å². The molecule has 2 aromatic rings. The van der Waals surface area contributed by atoms with Crippen molar-refractivity contribution in [2.24, 2.45) is 0 Å². The standard InChI is InChI=1S/C14H16N2O2/c1-2-18-12-5-3-11(4-6-12)13-9-15-14-10-17-8-7-16(13)14/h3-6,9H,2,7-8,10H2,1H3. The maximum absolute atomic E-state index is 5.45. The van der Waals surface area contributed by atoms with E-state index in [0.29, 0.717) is 13.2 Å². The van der Waals surface area contributed by atoms with Gasteiger partial charge in [0.1, 0.15) is 18.2 Å². The highest BCUT2D eigenvalue weighted by Crippen LogP contribution is 2.25. The van der Waals surface area contributed by atoms with Crippen molar-refractivity contribution < 1.29 is 9.47 Å². The highest BCUT2D eigenvalue weighted by atomic mass is 16.5. The molecule has 0 saturated heterocycles. The summed E-state index contributed by atoms with van der Waals surface area (Å²) in [4.78, 5) is 4.40. The zero-order chi connectivity index (χ0) is 12.4. The van der Waals surface area contributed by atoms with Crippen LogP contribution in [0.1, 0.15) is 12.7 Å². The van der Waals surface area contributed by atoms with Crippen molar-refractivity contribution in [3.05, 3.63) is 36.3 Å². The van der Waals surface area contributed by atoms with E-state index in [4.69, 9.17) is 9.47 Å². The lowest BCUT2D eigenvalue weighted by Gasteiger charge is -2.17. The third kappa shape index (κ3) is 1.99. The zero-order valence-electron chi connectivity index (χ0n) is 10.4. The maximum Gasteiger partial charge on any atom is 0.135 e. The van der Waals surface area contributed by atoms with Gasteiger partial charge in [-0.15, -0.1) is 0 Å². The van der Waals surface area contributed by atoms with Crippen molar-refractivity contribution in [1.82, 2.24) is 9.55 Å². The van der Waals surface area contributed by atoms with E-state index in [1.54, 1.807) is 0 Å². The number of benzene rings is 1. The Balaban J connectivity index is 1.92. The predicted molar refractivity (Wildman–Crippen MR) is 68.5 cm³/mol. The largest absolute Gasteiger partial charge is 0.494 e. The van der Waals surface area contributed by atoms with Gasteiger partial charge in [0.25, 0.3) is 0 Å². The van der Waals surface area contributed by atoms with E-state index in [-0.39, 0.29) is 0 Å². The first-order valence-corrected chi connectivity index (χ1v) is 6.24. The van der Waals surface area contributed by atoms with E-state index in [2.05, 4.69) is 21.7 Å². The lowest BCUT2D eigenvalue weighted by atomic mass is 10.1. The lowest BCUT2D eigenvalue weighted by molar-refractivity contribution is 0.0821. The van der Waals surface area contributed by atoms with Crippen LogP contribution in [0.25, 0.3) is 11.3 Å². The summed E-state index contributed by atoms with van der Waals surface area (Å²) in [5.74, 6) is 1.91. The molecule has 1 aliphatic rings. The number of ether oxygens (including phenoxy) is 2. The quantitative estimate of drug-likeness (QED) is 0.832. The number of aromatic nitrogens is 2. The van der Waals surface area contributed by atoms with E-state index < -0.39 is 0 Å². The molecule has 0 N–H and O–H groups in total. The van der Waals surface area contributed by atoms with Gasteiger partial charge in [-0.1, -0.05) is 0 Å². The monoisotopic (exact) mass is 244 g/mol. The summed E-state index contributed by atoms with van der Waals surface area (Å²) in [6.07, 6.45) is 1.92. The third-order valence-electron chi connectivity index (χ3n) is 3.09. The lowest BCUT2D eigenvalue weighted by Crippen LogP contribution is -2.17. The molecular formula is C14H16N2O2. The Bertz CT molecular complexity index is 531. The second kappa shape index (κ2) is 4.82. The van der Waals surface area contributed by atoms with Crippen LogP contribution in [0.2, 0.25) is 0 Å². The molecule has 1 aliphatic heterocycles. The van der Waals surface area contributed by atoms with Crippen LogP contribution in [0.5, 0.6) is 5.75 Å². The van der Waals surface area contributed by atoms with Crippen molar-refractivity contribution in [3.63, 3.8) is 0 Å². The minimum absolute atomic E-state index is 0.608. The summed E-state index contributed by atoms with van der Waals surface area (Å²) in [6, 6.07) is 8.14. The van der Waals surface area contributed by atoms with Gasteiger partial charge >= 0.3 is 0 Å². The normalized spacial score (nSPS) is 14.3. The Kier molecular flexibility index (Phi) is 3.02. The predicted octanol–water partition coefficient (Wildman–Crippen LogP) is 2.48. The number of fused-ring (bicyclic) bond motifs is 1. The molecule has 1 aromatic heterocycles. The maximum atomic E-state index is 5.45. The highest BCUT2D eigenvalue weighted by molar-refractivity contribution is 5.60. The highest BCUT2D eigenvalue weighted by Gasteiger charge is 2.15. The summed E-state index contributed by atoms with van der Waals surface area (Å²) in [6.45, 7) is 4.92. The molecule has 0 saturated carbocycles.